The largest absolute Gasteiger partial charge is 0.319 e. The molecule has 0 unspecified atom stereocenters. The summed E-state index contributed by atoms with van der Waals surface area (Å²) in [6, 6.07) is 5.48. The first-order valence-corrected chi connectivity index (χ1v) is 6.47. The molecule has 0 spiro atoms. The van der Waals surface area contributed by atoms with E-state index in [4.69, 9.17) is 11.6 Å². The fourth-order valence-corrected chi connectivity index (χ4v) is 1.98. The van der Waals surface area contributed by atoms with Gasteiger partial charge in [0.05, 0.1) is 20.7 Å². The van der Waals surface area contributed by atoms with Crippen LogP contribution < -0.4 is 5.32 Å². The molecule has 0 aromatic heterocycles. The number of nitrogens with one attached hydrogen (secondary N) is 1. The van der Waals surface area contributed by atoms with Crippen molar-refractivity contribution in [2.75, 3.05) is 5.32 Å². The maximum Gasteiger partial charge on any atom is 0.258 e. The molecule has 2 nitrogen and oxygen atoms in total. The summed E-state index contributed by atoms with van der Waals surface area (Å²) >= 11 is 8.35. The normalized spacial score (nSPS) is 10.4. The summed E-state index contributed by atoms with van der Waals surface area (Å²) < 4.78 is 40.4. The van der Waals surface area contributed by atoms with Crippen molar-refractivity contribution >= 4 is 39.1 Å². The fraction of sp³-hybridized carbons (Fsp3) is 0. The molecule has 0 fully saturated rings. The number of anilines is 1. The molecule has 0 atom stereocenters. The van der Waals surface area contributed by atoms with Gasteiger partial charge >= 0.3 is 0 Å². The Hall–Kier alpha value is -1.53. The number of halogens is 5. The molecule has 2 rings (SSSR count). The lowest BCUT2D eigenvalue weighted by Gasteiger charge is -2.08. The average Bonchev–Trinajstić information content (AvgIpc) is 2.39. The molecule has 0 saturated heterocycles. The minimum Gasteiger partial charge on any atom is -0.319 e. The second kappa shape index (κ2) is 5.85. The van der Waals surface area contributed by atoms with Gasteiger partial charge in [0.15, 0.2) is 5.82 Å². The predicted molar refractivity (Wildman–Crippen MR) is 73.4 cm³/mol. The number of amides is 1. The van der Waals surface area contributed by atoms with Crippen LogP contribution in [0.4, 0.5) is 18.9 Å². The molecule has 7 heteroatoms. The van der Waals surface area contributed by atoms with Crippen LogP contribution in [-0.2, 0) is 0 Å². The van der Waals surface area contributed by atoms with Crippen LogP contribution in [0.2, 0.25) is 5.02 Å². The van der Waals surface area contributed by atoms with Gasteiger partial charge in [-0.05, 0) is 34.1 Å². The minimum atomic E-state index is -0.926. The highest BCUT2D eigenvalue weighted by Gasteiger charge is 2.17. The molecule has 0 saturated carbocycles. The summed E-state index contributed by atoms with van der Waals surface area (Å²) in [7, 11) is 0. The van der Waals surface area contributed by atoms with E-state index < -0.39 is 29.0 Å². The maximum absolute atomic E-state index is 13.6. The zero-order chi connectivity index (χ0) is 14.9. The van der Waals surface area contributed by atoms with Crippen LogP contribution in [0.25, 0.3) is 0 Å². The highest BCUT2D eigenvalue weighted by Crippen LogP contribution is 2.25. The van der Waals surface area contributed by atoms with Crippen LogP contribution in [0.3, 0.4) is 0 Å². The molecule has 1 amide bonds. The maximum atomic E-state index is 13.6. The number of rotatable bonds is 2. The van der Waals surface area contributed by atoms with E-state index in [9.17, 15) is 18.0 Å². The van der Waals surface area contributed by atoms with Gasteiger partial charge in [-0.3, -0.25) is 4.79 Å². The number of benzene rings is 2. The van der Waals surface area contributed by atoms with Gasteiger partial charge in [0.2, 0.25) is 0 Å². The smallest absolute Gasteiger partial charge is 0.258 e. The number of hydrogen-bond acceptors (Lipinski definition) is 1. The summed E-state index contributed by atoms with van der Waals surface area (Å²) in [6.45, 7) is 0. The Morgan fingerprint density at radius 2 is 1.85 bits per heavy atom. The fourth-order valence-electron chi connectivity index (χ4n) is 1.49. The Kier molecular flexibility index (Phi) is 4.35. The zero-order valence-electron chi connectivity index (χ0n) is 9.68. The second-order valence-corrected chi connectivity index (χ2v) is 5.06. The van der Waals surface area contributed by atoms with Crippen LogP contribution >= 0.6 is 27.5 Å². The molecule has 104 valence electrons. The van der Waals surface area contributed by atoms with Gasteiger partial charge in [0.1, 0.15) is 11.6 Å². The summed E-state index contributed by atoms with van der Waals surface area (Å²) in [4.78, 5) is 11.8. The molecule has 0 heterocycles. The summed E-state index contributed by atoms with van der Waals surface area (Å²) in [6.07, 6.45) is 0. The molecule has 0 radical (unpaired) electrons. The molecular formula is C13H6BrClF3NO. The van der Waals surface area contributed by atoms with E-state index in [0.717, 1.165) is 12.1 Å². The van der Waals surface area contributed by atoms with E-state index in [1.54, 1.807) is 0 Å². The molecule has 2 aromatic rings. The third-order valence-electron chi connectivity index (χ3n) is 2.45. The lowest BCUT2D eigenvalue weighted by atomic mass is 10.2. The monoisotopic (exact) mass is 363 g/mol. The van der Waals surface area contributed by atoms with Gasteiger partial charge in [-0.1, -0.05) is 17.7 Å². The highest BCUT2D eigenvalue weighted by molar-refractivity contribution is 9.10. The average molecular weight is 365 g/mol. The predicted octanol–water partition coefficient (Wildman–Crippen LogP) is 4.77. The van der Waals surface area contributed by atoms with Crippen molar-refractivity contribution in [2.24, 2.45) is 0 Å². The first-order chi connectivity index (χ1) is 9.40. The van der Waals surface area contributed by atoms with E-state index in [1.807, 2.05) is 0 Å². The lowest BCUT2D eigenvalue weighted by Crippen LogP contribution is -2.15. The van der Waals surface area contributed by atoms with Gasteiger partial charge in [0.25, 0.3) is 5.91 Å². The van der Waals surface area contributed by atoms with Crippen molar-refractivity contribution in [1.29, 1.82) is 0 Å². The Bertz CT molecular complexity index is 694. The molecular weight excluding hydrogens is 358 g/mol. The Morgan fingerprint density at radius 1 is 1.15 bits per heavy atom. The third-order valence-corrected chi connectivity index (χ3v) is 3.35. The number of carbonyl (C=O) groups is 1. The van der Waals surface area contributed by atoms with E-state index >= 15 is 0 Å². The quantitative estimate of drug-likeness (QED) is 0.764. The highest BCUT2D eigenvalue weighted by atomic mass is 79.9. The van der Waals surface area contributed by atoms with E-state index in [2.05, 4.69) is 21.2 Å². The van der Waals surface area contributed by atoms with Crippen molar-refractivity contribution in [3.8, 4) is 0 Å². The van der Waals surface area contributed by atoms with Crippen molar-refractivity contribution in [3.05, 3.63) is 62.8 Å². The van der Waals surface area contributed by atoms with Crippen LogP contribution in [0, 0.1) is 17.5 Å². The van der Waals surface area contributed by atoms with Crippen LogP contribution in [-0.4, -0.2) is 5.91 Å². The van der Waals surface area contributed by atoms with Gasteiger partial charge in [-0.2, -0.15) is 0 Å². The van der Waals surface area contributed by atoms with Crippen molar-refractivity contribution < 1.29 is 18.0 Å². The molecule has 0 aliphatic heterocycles. The molecule has 0 aliphatic rings. The zero-order valence-corrected chi connectivity index (χ0v) is 12.0. The SMILES string of the molecule is O=C(Nc1cc(F)c(Br)cc1F)c1cccc(Cl)c1F. The van der Waals surface area contributed by atoms with Crippen molar-refractivity contribution in [2.45, 2.75) is 0 Å². The Labute approximate surface area is 125 Å². The van der Waals surface area contributed by atoms with E-state index in [1.165, 1.54) is 18.2 Å². The summed E-state index contributed by atoms with van der Waals surface area (Å²) in [5.74, 6) is -3.46. The molecule has 0 aliphatic carbocycles. The van der Waals surface area contributed by atoms with Gasteiger partial charge < -0.3 is 5.32 Å². The molecule has 0 bridgehead atoms. The topological polar surface area (TPSA) is 29.1 Å². The molecule has 1 N–H and O–H groups in total. The van der Waals surface area contributed by atoms with Gasteiger partial charge in [0, 0.05) is 6.07 Å². The van der Waals surface area contributed by atoms with Crippen LogP contribution in [0.1, 0.15) is 10.4 Å². The lowest BCUT2D eigenvalue weighted by molar-refractivity contribution is 0.102. The van der Waals surface area contributed by atoms with Gasteiger partial charge in [-0.25, -0.2) is 13.2 Å². The molecule has 20 heavy (non-hydrogen) atoms. The van der Waals surface area contributed by atoms with Crippen LogP contribution in [0.5, 0.6) is 0 Å². The number of hydrogen-bond donors (Lipinski definition) is 1. The summed E-state index contributed by atoms with van der Waals surface area (Å²) in [5, 5.41) is 1.85. The third kappa shape index (κ3) is 2.96. The standard InChI is InChI=1S/C13H6BrClF3NO/c14-7-4-10(17)11(5-9(7)16)19-13(20)6-2-1-3-8(15)12(6)18/h1-5H,(H,19,20). The Morgan fingerprint density at radius 3 is 2.55 bits per heavy atom. The molecule has 2 aromatic carbocycles. The van der Waals surface area contributed by atoms with Gasteiger partial charge in [-0.15, -0.1) is 0 Å². The Balaban J connectivity index is 2.33. The second-order valence-electron chi connectivity index (χ2n) is 3.80. The van der Waals surface area contributed by atoms with Crippen molar-refractivity contribution in [1.82, 2.24) is 0 Å². The van der Waals surface area contributed by atoms with E-state index in [-0.39, 0.29) is 15.1 Å². The minimum absolute atomic E-state index is 0.0815. The van der Waals surface area contributed by atoms with Crippen molar-refractivity contribution in [3.63, 3.8) is 0 Å². The van der Waals surface area contributed by atoms with E-state index in [0.29, 0.717) is 0 Å². The first-order valence-electron chi connectivity index (χ1n) is 5.30. The first kappa shape index (κ1) is 14.9. The van der Waals surface area contributed by atoms with Crippen LogP contribution in [0.15, 0.2) is 34.8 Å². The number of carbonyl (C=O) groups excluding carboxylic acids is 1. The summed E-state index contributed by atoms with van der Waals surface area (Å²) in [5.41, 5.74) is -0.754.